The second-order valence-corrected chi connectivity index (χ2v) is 10.4. The van der Waals surface area contributed by atoms with Gasteiger partial charge in [-0.25, -0.2) is 8.78 Å². The highest BCUT2D eigenvalue weighted by Crippen LogP contribution is 2.65. The molecule has 0 bridgehead atoms. The van der Waals surface area contributed by atoms with Crippen LogP contribution in [0.4, 0.5) is 25.8 Å². The van der Waals surface area contributed by atoms with Gasteiger partial charge in [0.1, 0.15) is 15.8 Å². The molecule has 3 aromatic rings. The summed E-state index contributed by atoms with van der Waals surface area (Å²) in [5, 5.41) is 5.03. The van der Waals surface area contributed by atoms with Crippen molar-refractivity contribution < 1.29 is 18.4 Å². The smallest absolute Gasteiger partial charge is 0.257 e. The molecule has 0 spiro atoms. The van der Waals surface area contributed by atoms with Crippen LogP contribution in [0.2, 0.25) is 5.02 Å². The van der Waals surface area contributed by atoms with Gasteiger partial charge in [0.15, 0.2) is 5.82 Å². The highest BCUT2D eigenvalue weighted by molar-refractivity contribution is 9.10. The van der Waals surface area contributed by atoms with Crippen molar-refractivity contribution >= 4 is 79.6 Å². The fourth-order valence-corrected chi connectivity index (χ4v) is 5.07. The van der Waals surface area contributed by atoms with Crippen molar-refractivity contribution in [2.24, 2.45) is 5.92 Å². The van der Waals surface area contributed by atoms with Crippen LogP contribution in [0, 0.1) is 17.6 Å². The Hall–Kier alpha value is -2.39. The highest BCUT2D eigenvalue weighted by atomic mass is 79.9. The zero-order valence-corrected chi connectivity index (χ0v) is 20.9. The Kier molecular flexibility index (Phi) is 6.79. The lowest BCUT2D eigenvalue weighted by molar-refractivity contribution is -0.117. The average Bonchev–Trinajstić information content (AvgIpc) is 3.37. The van der Waals surface area contributed by atoms with E-state index < -0.39 is 45.3 Å². The van der Waals surface area contributed by atoms with E-state index >= 15 is 0 Å². The van der Waals surface area contributed by atoms with Gasteiger partial charge in [-0.1, -0.05) is 39.7 Å². The summed E-state index contributed by atoms with van der Waals surface area (Å²) in [5.41, 5.74) is 5.28. The first-order valence-corrected chi connectivity index (χ1v) is 11.7. The van der Waals surface area contributed by atoms with Crippen LogP contribution in [0.5, 0.6) is 0 Å². The fourth-order valence-electron chi connectivity index (χ4n) is 3.62. The van der Waals surface area contributed by atoms with E-state index in [0.29, 0.717) is 0 Å². The summed E-state index contributed by atoms with van der Waals surface area (Å²) in [7, 11) is 0. The molecule has 1 aliphatic rings. The van der Waals surface area contributed by atoms with Crippen LogP contribution >= 0.6 is 50.7 Å². The summed E-state index contributed by atoms with van der Waals surface area (Å²) in [6.45, 7) is 0. The summed E-state index contributed by atoms with van der Waals surface area (Å²) < 4.78 is 27.1. The Morgan fingerprint density at radius 1 is 1.03 bits per heavy atom. The van der Waals surface area contributed by atoms with E-state index in [1.807, 2.05) is 24.3 Å². The maximum Gasteiger partial charge on any atom is 0.257 e. The van der Waals surface area contributed by atoms with Crippen molar-refractivity contribution in [1.82, 2.24) is 0 Å². The molecule has 4 N–H and O–H groups in total. The molecular weight excluding hydrogens is 575 g/mol. The molecule has 2 unspecified atom stereocenters. The van der Waals surface area contributed by atoms with Crippen molar-refractivity contribution in [3.63, 3.8) is 0 Å². The van der Waals surface area contributed by atoms with Gasteiger partial charge < -0.3 is 16.4 Å². The van der Waals surface area contributed by atoms with Crippen LogP contribution in [0.15, 0.2) is 59.1 Å². The number of rotatable bonds is 5. The number of carbonyl (C=O) groups excluding carboxylic acids is 2. The number of carbonyl (C=O) groups is 2. The third-order valence-electron chi connectivity index (χ3n) is 5.40. The third kappa shape index (κ3) is 4.73. The van der Waals surface area contributed by atoms with Crippen LogP contribution in [0.1, 0.15) is 21.8 Å². The van der Waals surface area contributed by atoms with Crippen molar-refractivity contribution in [3.05, 3.63) is 86.9 Å². The molecule has 0 heterocycles. The molecule has 1 saturated carbocycles. The molecule has 1 aliphatic carbocycles. The van der Waals surface area contributed by atoms with Gasteiger partial charge in [-0.2, -0.15) is 0 Å². The van der Waals surface area contributed by atoms with E-state index in [-0.39, 0.29) is 22.0 Å². The monoisotopic (exact) mass is 587 g/mol. The third-order valence-corrected chi connectivity index (χ3v) is 7.16. The van der Waals surface area contributed by atoms with Gasteiger partial charge >= 0.3 is 0 Å². The molecule has 0 saturated heterocycles. The molecule has 2 atom stereocenters. The molecule has 0 radical (unpaired) electrons. The van der Waals surface area contributed by atoms with Crippen molar-refractivity contribution in [1.29, 1.82) is 0 Å². The lowest BCUT2D eigenvalue weighted by Gasteiger charge is -2.11. The van der Waals surface area contributed by atoms with E-state index in [9.17, 15) is 18.4 Å². The van der Waals surface area contributed by atoms with Gasteiger partial charge in [0, 0.05) is 16.1 Å². The van der Waals surface area contributed by atoms with E-state index in [1.54, 1.807) is 0 Å². The topological polar surface area (TPSA) is 84.2 Å². The molecule has 1 fully saturated rings. The maximum absolute atomic E-state index is 14.2. The number of alkyl halides is 2. The minimum absolute atomic E-state index is 0.0495. The Bertz CT molecular complexity index is 1320. The molecular formula is C23H15BrCl3F2N3O2. The van der Waals surface area contributed by atoms with E-state index in [1.165, 1.54) is 18.2 Å². The number of hydrogen-bond acceptors (Lipinski definition) is 3. The SMILES string of the molecule is Nc1c(F)ccc(NC(=O)c2cc(NC(=O)C3C(c4cccc(Br)c4)C3(Cl)Cl)ccc2Cl)c1F. The molecule has 176 valence electrons. The molecule has 0 aliphatic heterocycles. The number of amides is 2. The van der Waals surface area contributed by atoms with E-state index in [0.717, 1.165) is 22.2 Å². The first kappa shape index (κ1) is 24.7. The number of nitrogen functional groups attached to an aromatic ring is 1. The van der Waals surface area contributed by atoms with Crippen LogP contribution in [0.3, 0.4) is 0 Å². The second-order valence-electron chi connectivity index (χ2n) is 7.65. The number of hydrogen-bond donors (Lipinski definition) is 3. The number of nitrogens with two attached hydrogens (primary N) is 1. The van der Waals surface area contributed by atoms with Gasteiger partial charge in [0.05, 0.1) is 22.2 Å². The van der Waals surface area contributed by atoms with Crippen LogP contribution in [0.25, 0.3) is 0 Å². The Balaban J connectivity index is 1.52. The first-order valence-electron chi connectivity index (χ1n) is 9.79. The quantitative estimate of drug-likeness (QED) is 0.228. The highest BCUT2D eigenvalue weighted by Gasteiger charge is 2.67. The number of nitrogens with one attached hydrogen (secondary N) is 2. The fraction of sp³-hybridized carbons (Fsp3) is 0.130. The van der Waals surface area contributed by atoms with Gasteiger partial charge in [0.2, 0.25) is 5.91 Å². The van der Waals surface area contributed by atoms with Crippen molar-refractivity contribution in [2.45, 2.75) is 10.3 Å². The summed E-state index contributed by atoms with van der Waals surface area (Å²) in [6.07, 6.45) is 0. The normalized spacial score (nSPS) is 18.3. The van der Waals surface area contributed by atoms with Gasteiger partial charge in [-0.15, -0.1) is 23.2 Å². The molecule has 3 aromatic carbocycles. The van der Waals surface area contributed by atoms with Crippen molar-refractivity contribution in [3.8, 4) is 0 Å². The molecule has 34 heavy (non-hydrogen) atoms. The predicted molar refractivity (Wildman–Crippen MR) is 134 cm³/mol. The molecule has 2 amide bonds. The lowest BCUT2D eigenvalue weighted by Crippen LogP contribution is -2.18. The maximum atomic E-state index is 14.2. The van der Waals surface area contributed by atoms with Gasteiger partial charge in [0.25, 0.3) is 5.91 Å². The molecule has 4 rings (SSSR count). The standard InChI is InChI=1S/C23H15BrCl3F2N3O2/c24-11-3-1-2-10(8-11)17-18(23(17,26)27)22(34)31-12-4-5-14(25)13(9-12)21(33)32-16-7-6-15(28)20(30)19(16)29/h1-9,17-18H,30H2,(H,31,34)(H,32,33). The summed E-state index contributed by atoms with van der Waals surface area (Å²) in [5.74, 6) is -4.44. The summed E-state index contributed by atoms with van der Waals surface area (Å²) >= 11 is 22.3. The van der Waals surface area contributed by atoms with Gasteiger partial charge in [-0.3, -0.25) is 9.59 Å². The Labute approximate surface area is 216 Å². The van der Waals surface area contributed by atoms with E-state index in [2.05, 4.69) is 26.6 Å². The number of halogens is 6. The predicted octanol–water partition coefficient (Wildman–Crippen LogP) is 6.74. The Morgan fingerprint density at radius 3 is 2.47 bits per heavy atom. The largest absolute Gasteiger partial charge is 0.394 e. The Morgan fingerprint density at radius 2 is 1.76 bits per heavy atom. The number of anilines is 3. The summed E-state index contributed by atoms with van der Waals surface area (Å²) in [4.78, 5) is 25.6. The molecule has 11 heteroatoms. The zero-order chi connectivity index (χ0) is 24.8. The lowest BCUT2D eigenvalue weighted by atomic mass is 10.1. The van der Waals surface area contributed by atoms with Crippen LogP contribution in [-0.2, 0) is 4.79 Å². The van der Waals surface area contributed by atoms with Gasteiger partial charge in [-0.05, 0) is 48.0 Å². The molecule has 0 aromatic heterocycles. The minimum Gasteiger partial charge on any atom is -0.394 e. The average molecular weight is 590 g/mol. The second kappa shape index (κ2) is 9.34. The zero-order valence-electron chi connectivity index (χ0n) is 17.0. The van der Waals surface area contributed by atoms with Crippen LogP contribution in [-0.4, -0.2) is 16.1 Å². The van der Waals surface area contributed by atoms with E-state index in [4.69, 9.17) is 40.5 Å². The van der Waals surface area contributed by atoms with Crippen molar-refractivity contribution in [2.75, 3.05) is 16.4 Å². The number of benzene rings is 3. The summed E-state index contributed by atoms with van der Waals surface area (Å²) in [6, 6.07) is 13.5. The minimum atomic E-state index is -1.29. The molecule has 5 nitrogen and oxygen atoms in total. The van der Waals surface area contributed by atoms with Crippen LogP contribution < -0.4 is 16.4 Å². The first-order chi connectivity index (χ1) is 16.0.